The lowest BCUT2D eigenvalue weighted by atomic mass is 9.67. The molecule has 0 N–H and O–H groups in total. The Hall–Kier alpha value is -10.9. The van der Waals surface area contributed by atoms with Crippen LogP contribution in [0.1, 0.15) is 44.5 Å². The van der Waals surface area contributed by atoms with Crippen molar-refractivity contribution in [1.29, 1.82) is 0 Å². The van der Waals surface area contributed by atoms with Gasteiger partial charge >= 0.3 is 0 Å². The second-order valence-corrected chi connectivity index (χ2v) is 22.6. The molecule has 0 unspecified atom stereocenters. The van der Waals surface area contributed by atoms with E-state index in [0.29, 0.717) is 0 Å². The van der Waals surface area contributed by atoms with E-state index in [1.165, 1.54) is 122 Å². The molecule has 0 fully saturated rings. The van der Waals surface area contributed by atoms with Crippen LogP contribution in [0.4, 0.5) is 17.1 Å². The van der Waals surface area contributed by atoms with Crippen LogP contribution < -0.4 is 4.90 Å². The van der Waals surface area contributed by atoms with E-state index in [2.05, 4.69) is 351 Å². The lowest BCUT2D eigenvalue weighted by Crippen LogP contribution is -2.28. The fourth-order valence-corrected chi connectivity index (χ4v) is 14.5. The molecule has 0 radical (unpaired) electrons. The third-order valence-electron chi connectivity index (χ3n) is 18.3. The van der Waals surface area contributed by atoms with Crippen molar-refractivity contribution in [1.82, 2.24) is 0 Å². The van der Waals surface area contributed by atoms with Crippen molar-refractivity contribution in [3.63, 3.8) is 0 Å². The summed E-state index contributed by atoms with van der Waals surface area (Å²) in [5.74, 6) is 0. The van der Waals surface area contributed by atoms with E-state index < -0.39 is 10.8 Å². The first-order valence-electron chi connectivity index (χ1n) is 29.6. The molecule has 0 heterocycles. The van der Waals surface area contributed by atoms with E-state index in [1.807, 2.05) is 0 Å². The number of fused-ring (bicyclic) bond motifs is 7. The summed E-state index contributed by atoms with van der Waals surface area (Å²) in [6.45, 7) is 0. The van der Waals surface area contributed by atoms with Gasteiger partial charge in [0.2, 0.25) is 0 Å². The van der Waals surface area contributed by atoms with Crippen molar-refractivity contribution in [2.75, 3.05) is 4.90 Å². The Labute approximate surface area is 497 Å². The van der Waals surface area contributed by atoms with Gasteiger partial charge in [-0.2, -0.15) is 0 Å². The van der Waals surface area contributed by atoms with Crippen LogP contribution >= 0.6 is 0 Å². The normalized spacial score (nSPS) is 13.1. The molecule has 0 spiro atoms. The van der Waals surface area contributed by atoms with Crippen LogP contribution in [0.5, 0.6) is 0 Å². The van der Waals surface area contributed by atoms with Crippen LogP contribution in [0.2, 0.25) is 0 Å². The molecule has 1 nitrogen and oxygen atoms in total. The molecule has 1 heteroatoms. The Bertz CT molecular complexity index is 4630. The molecule has 2 aliphatic rings. The van der Waals surface area contributed by atoms with Gasteiger partial charge in [-0.1, -0.05) is 309 Å². The lowest BCUT2D eigenvalue weighted by molar-refractivity contribution is 0.768. The van der Waals surface area contributed by atoms with Crippen LogP contribution in [0.25, 0.3) is 77.5 Å². The van der Waals surface area contributed by atoms with Gasteiger partial charge in [-0.15, -0.1) is 0 Å². The molecular weight excluding hydrogens is 1020 g/mol. The van der Waals surface area contributed by atoms with Gasteiger partial charge in [0, 0.05) is 17.1 Å². The maximum Gasteiger partial charge on any atom is 0.0714 e. The van der Waals surface area contributed by atoms with E-state index in [-0.39, 0.29) is 0 Å². The summed E-state index contributed by atoms with van der Waals surface area (Å²) in [5, 5.41) is 2.48. The minimum atomic E-state index is -0.654. The van der Waals surface area contributed by atoms with Crippen molar-refractivity contribution < 1.29 is 0 Å². The van der Waals surface area contributed by atoms with Crippen molar-refractivity contribution in [2.24, 2.45) is 0 Å². The zero-order chi connectivity index (χ0) is 56.3. The molecule has 0 aliphatic heterocycles. The van der Waals surface area contributed by atoms with Crippen molar-refractivity contribution in [3.05, 3.63) is 390 Å². The third kappa shape index (κ3) is 8.00. The second kappa shape index (κ2) is 20.5. The van der Waals surface area contributed by atoms with Crippen LogP contribution in [-0.4, -0.2) is 0 Å². The summed E-state index contributed by atoms with van der Waals surface area (Å²) in [4.78, 5) is 2.46. The third-order valence-corrected chi connectivity index (χ3v) is 18.3. The second-order valence-electron chi connectivity index (χ2n) is 22.6. The maximum absolute atomic E-state index is 2.49. The molecule has 2 aliphatic carbocycles. The van der Waals surface area contributed by atoms with Gasteiger partial charge in [0.25, 0.3) is 0 Å². The molecule has 14 aromatic rings. The first-order valence-corrected chi connectivity index (χ1v) is 29.6. The number of nitrogens with zero attached hydrogens (tertiary/aromatic N) is 1. The highest BCUT2D eigenvalue weighted by atomic mass is 15.1. The SMILES string of the molecule is c1ccc(-c2ccc(C3(c4ccc(-c5ccccc5)cc4)c4ccccc4-c4ccc(N(c5ccc(-c6cccc7c6-c6ccccc6C7(c6ccccc6)c6ccccc6)cc5)c5ccc(-c6cccc7ccccc67)cc5)cc43)cc2)cc1. The van der Waals surface area contributed by atoms with E-state index >= 15 is 0 Å². The molecule has 0 saturated heterocycles. The number of hydrogen-bond donors (Lipinski definition) is 0. The van der Waals surface area contributed by atoms with Crippen molar-refractivity contribution >= 4 is 27.8 Å². The number of anilines is 3. The monoisotopic (exact) mass is 1080 g/mol. The molecule has 0 atom stereocenters. The minimum absolute atomic E-state index is 0.490. The van der Waals surface area contributed by atoms with E-state index in [1.54, 1.807) is 0 Å². The van der Waals surface area contributed by atoms with Crippen molar-refractivity contribution in [3.8, 4) is 66.8 Å². The molecule has 398 valence electrons. The standard InChI is InChI=1S/C84H57N/c1-5-21-58(22-6-1)60-39-47-67(48-40-60)84(68-49-41-61(42-50-68)59-23-7-2-8-24-59)78-36-17-15-32-75(78)76-56-55-71(57-81(76)84)85(69-51-43-63(44-52-69)73-34-19-26-62-25-13-14-31-72(62)73)70-53-45-64(46-54-70)74-35-20-38-80-82(74)77-33-16-18-37-79(77)83(80,65-27-9-3-10-28-65)66-29-11-4-12-30-66/h1-57H. The highest BCUT2D eigenvalue weighted by Gasteiger charge is 2.48. The van der Waals surface area contributed by atoms with Gasteiger partial charge in [-0.3, -0.25) is 0 Å². The summed E-state index contributed by atoms with van der Waals surface area (Å²) in [5.41, 5.74) is 26.8. The Balaban J connectivity index is 0.883. The Morgan fingerprint density at radius 3 is 1.15 bits per heavy atom. The predicted octanol–water partition coefficient (Wildman–Crippen LogP) is 21.7. The largest absolute Gasteiger partial charge is 0.310 e. The molecule has 0 aromatic heterocycles. The Morgan fingerprint density at radius 1 is 0.200 bits per heavy atom. The number of benzene rings is 14. The van der Waals surface area contributed by atoms with Gasteiger partial charge in [0.15, 0.2) is 0 Å². The molecule has 16 rings (SSSR count). The highest BCUT2D eigenvalue weighted by molar-refractivity contribution is 5.99. The first-order chi connectivity index (χ1) is 42.2. The number of rotatable bonds is 11. The van der Waals surface area contributed by atoms with Crippen LogP contribution in [0.3, 0.4) is 0 Å². The smallest absolute Gasteiger partial charge is 0.0714 e. The highest BCUT2D eigenvalue weighted by Crippen LogP contribution is 2.60. The summed E-state index contributed by atoms with van der Waals surface area (Å²) in [6, 6.07) is 128. The molecule has 85 heavy (non-hydrogen) atoms. The summed E-state index contributed by atoms with van der Waals surface area (Å²) in [6.07, 6.45) is 0. The van der Waals surface area contributed by atoms with Gasteiger partial charge < -0.3 is 4.90 Å². The van der Waals surface area contributed by atoms with Gasteiger partial charge in [-0.05, 0) is 158 Å². The zero-order valence-electron chi connectivity index (χ0n) is 46.9. The Kier molecular flexibility index (Phi) is 12.1. The topological polar surface area (TPSA) is 3.24 Å². The molecular formula is C84H57N. The van der Waals surface area contributed by atoms with E-state index in [0.717, 1.165) is 17.1 Å². The maximum atomic E-state index is 2.49. The predicted molar refractivity (Wildman–Crippen MR) is 355 cm³/mol. The Morgan fingerprint density at radius 2 is 0.565 bits per heavy atom. The van der Waals surface area contributed by atoms with Crippen LogP contribution in [-0.2, 0) is 10.8 Å². The average Bonchev–Trinajstić information content (AvgIpc) is 1.63. The molecule has 0 bridgehead atoms. The van der Waals surface area contributed by atoms with Crippen molar-refractivity contribution in [2.45, 2.75) is 10.8 Å². The molecule has 14 aromatic carbocycles. The van der Waals surface area contributed by atoms with Crippen LogP contribution in [0.15, 0.2) is 346 Å². The molecule has 0 amide bonds. The van der Waals surface area contributed by atoms with E-state index in [9.17, 15) is 0 Å². The fraction of sp³-hybridized carbons (Fsp3) is 0.0238. The average molecular weight is 1080 g/mol. The quantitative estimate of drug-likeness (QED) is 0.125. The minimum Gasteiger partial charge on any atom is -0.310 e. The molecule has 0 saturated carbocycles. The van der Waals surface area contributed by atoms with Gasteiger partial charge in [-0.25, -0.2) is 0 Å². The van der Waals surface area contributed by atoms with Gasteiger partial charge in [0.1, 0.15) is 0 Å². The van der Waals surface area contributed by atoms with Crippen LogP contribution in [0, 0.1) is 0 Å². The fourth-order valence-electron chi connectivity index (χ4n) is 14.5. The van der Waals surface area contributed by atoms with E-state index in [4.69, 9.17) is 0 Å². The summed E-state index contributed by atoms with van der Waals surface area (Å²) < 4.78 is 0. The zero-order valence-corrected chi connectivity index (χ0v) is 46.9. The van der Waals surface area contributed by atoms with Gasteiger partial charge in [0.05, 0.1) is 10.8 Å². The number of hydrogen-bond acceptors (Lipinski definition) is 1. The summed E-state index contributed by atoms with van der Waals surface area (Å²) >= 11 is 0. The summed E-state index contributed by atoms with van der Waals surface area (Å²) in [7, 11) is 0. The lowest BCUT2D eigenvalue weighted by Gasteiger charge is -2.35. The first kappa shape index (κ1) is 49.9.